The topological polar surface area (TPSA) is 42.2 Å². The van der Waals surface area contributed by atoms with Gasteiger partial charge in [-0.05, 0) is 54.7 Å². The van der Waals surface area contributed by atoms with Crippen molar-refractivity contribution in [3.63, 3.8) is 0 Å². The average molecular weight is 309 g/mol. The van der Waals surface area contributed by atoms with Crippen molar-refractivity contribution in [2.75, 3.05) is 13.7 Å². The zero-order valence-electron chi connectivity index (χ0n) is 13.8. The Hall–Kier alpha value is -2.47. The lowest BCUT2D eigenvalue weighted by atomic mass is 9.96. The van der Waals surface area contributed by atoms with E-state index in [-0.39, 0.29) is 5.92 Å². The molecule has 0 bridgehead atoms. The fraction of sp³-hybridized carbons (Fsp3) is 0.350. The van der Waals surface area contributed by atoms with Gasteiger partial charge in [0.05, 0.1) is 25.7 Å². The van der Waals surface area contributed by atoms with Gasteiger partial charge in [-0.2, -0.15) is 5.26 Å². The quantitative estimate of drug-likeness (QED) is 0.662. The van der Waals surface area contributed by atoms with E-state index < -0.39 is 0 Å². The Bertz CT molecular complexity index is 643. The van der Waals surface area contributed by atoms with Crippen LogP contribution < -0.4 is 9.47 Å². The summed E-state index contributed by atoms with van der Waals surface area (Å²) >= 11 is 0. The van der Waals surface area contributed by atoms with Crippen LogP contribution in [0.25, 0.3) is 0 Å². The van der Waals surface area contributed by atoms with Gasteiger partial charge in [-0.3, -0.25) is 0 Å². The van der Waals surface area contributed by atoms with Gasteiger partial charge < -0.3 is 9.47 Å². The molecule has 0 saturated carbocycles. The zero-order valence-corrected chi connectivity index (χ0v) is 13.8. The number of nitrogens with zero attached hydrogens (tertiary/aromatic N) is 1. The van der Waals surface area contributed by atoms with Crippen molar-refractivity contribution in [2.45, 2.75) is 32.1 Å². The Balaban J connectivity index is 1.82. The fourth-order valence-electron chi connectivity index (χ4n) is 2.46. The van der Waals surface area contributed by atoms with Crippen LogP contribution in [0.5, 0.6) is 11.5 Å². The number of benzene rings is 2. The van der Waals surface area contributed by atoms with E-state index in [4.69, 9.17) is 9.47 Å². The summed E-state index contributed by atoms with van der Waals surface area (Å²) in [5, 5.41) is 9.39. The lowest BCUT2D eigenvalue weighted by molar-refractivity contribution is 0.305. The molecule has 0 aromatic heterocycles. The highest BCUT2D eigenvalue weighted by Crippen LogP contribution is 2.24. The number of nitriles is 1. The minimum Gasteiger partial charge on any atom is -0.497 e. The minimum atomic E-state index is -0.129. The summed E-state index contributed by atoms with van der Waals surface area (Å²) in [5.74, 6) is 1.54. The van der Waals surface area contributed by atoms with Gasteiger partial charge in [-0.1, -0.05) is 31.2 Å². The van der Waals surface area contributed by atoms with Gasteiger partial charge in [0.25, 0.3) is 0 Å². The number of methoxy groups -OCH3 is 1. The number of aryl methyl sites for hydroxylation is 1. The molecule has 120 valence electrons. The Morgan fingerprint density at radius 1 is 1.09 bits per heavy atom. The first-order chi connectivity index (χ1) is 11.3. The predicted molar refractivity (Wildman–Crippen MR) is 91.9 cm³/mol. The molecule has 0 aliphatic carbocycles. The van der Waals surface area contributed by atoms with Gasteiger partial charge in [0.2, 0.25) is 0 Å². The molecule has 3 nitrogen and oxygen atoms in total. The number of ether oxygens (including phenoxy) is 2. The molecule has 23 heavy (non-hydrogen) atoms. The van der Waals surface area contributed by atoms with Crippen LogP contribution in [0.1, 0.15) is 36.8 Å². The summed E-state index contributed by atoms with van der Waals surface area (Å²) in [7, 11) is 1.64. The summed E-state index contributed by atoms with van der Waals surface area (Å²) in [6.45, 7) is 2.75. The molecule has 0 saturated heterocycles. The SMILES string of the molecule is CCc1ccc(OCCCC(C#N)c2cccc(OC)c2)cc1. The van der Waals surface area contributed by atoms with Crippen molar-refractivity contribution in [1.29, 1.82) is 5.26 Å². The average Bonchev–Trinajstić information content (AvgIpc) is 2.62. The third-order valence-electron chi connectivity index (χ3n) is 3.89. The molecule has 2 rings (SSSR count). The van der Waals surface area contributed by atoms with E-state index in [2.05, 4.69) is 25.1 Å². The number of hydrogen-bond acceptors (Lipinski definition) is 3. The Morgan fingerprint density at radius 2 is 1.87 bits per heavy atom. The largest absolute Gasteiger partial charge is 0.497 e. The molecule has 3 heteroatoms. The zero-order chi connectivity index (χ0) is 16.5. The van der Waals surface area contributed by atoms with Crippen LogP contribution >= 0.6 is 0 Å². The van der Waals surface area contributed by atoms with Crippen molar-refractivity contribution in [3.8, 4) is 17.6 Å². The Labute approximate surface area is 138 Å². The maximum atomic E-state index is 9.39. The van der Waals surface area contributed by atoms with Gasteiger partial charge in [0, 0.05) is 0 Å². The molecule has 0 heterocycles. The molecule has 0 aliphatic heterocycles. The first kappa shape index (κ1) is 16.9. The molecule has 2 aromatic carbocycles. The summed E-state index contributed by atoms with van der Waals surface area (Å²) in [6, 6.07) is 18.3. The van der Waals surface area contributed by atoms with E-state index in [0.29, 0.717) is 6.61 Å². The second kappa shape index (κ2) is 8.85. The van der Waals surface area contributed by atoms with Gasteiger partial charge in [0.15, 0.2) is 0 Å². The van der Waals surface area contributed by atoms with Crippen LogP contribution in [0.3, 0.4) is 0 Å². The highest BCUT2D eigenvalue weighted by Gasteiger charge is 2.11. The first-order valence-electron chi connectivity index (χ1n) is 8.02. The normalized spacial score (nSPS) is 11.5. The molecule has 1 unspecified atom stereocenters. The molecular weight excluding hydrogens is 286 g/mol. The monoisotopic (exact) mass is 309 g/mol. The van der Waals surface area contributed by atoms with E-state index in [1.165, 1.54) is 5.56 Å². The fourth-order valence-corrected chi connectivity index (χ4v) is 2.46. The standard InChI is InChI=1S/C20H23NO2/c1-3-16-9-11-19(12-10-16)23-13-5-7-18(15-21)17-6-4-8-20(14-17)22-2/h4,6,8-12,14,18H,3,5,7,13H2,1-2H3. The minimum absolute atomic E-state index is 0.129. The Kier molecular flexibility index (Phi) is 6.50. The van der Waals surface area contributed by atoms with Crippen molar-refractivity contribution < 1.29 is 9.47 Å². The van der Waals surface area contributed by atoms with Gasteiger partial charge in [0.1, 0.15) is 11.5 Å². The first-order valence-corrected chi connectivity index (χ1v) is 8.02. The molecule has 0 spiro atoms. The molecular formula is C20H23NO2. The Morgan fingerprint density at radius 3 is 2.52 bits per heavy atom. The number of hydrogen-bond donors (Lipinski definition) is 0. The summed E-state index contributed by atoms with van der Waals surface area (Å²) in [5.41, 5.74) is 2.30. The van der Waals surface area contributed by atoms with E-state index in [0.717, 1.165) is 36.3 Å². The van der Waals surface area contributed by atoms with Crippen LogP contribution in [0.2, 0.25) is 0 Å². The lowest BCUT2D eigenvalue weighted by Gasteiger charge is -2.11. The molecule has 1 atom stereocenters. The van der Waals surface area contributed by atoms with Crippen LogP contribution in [0.15, 0.2) is 48.5 Å². The molecule has 0 N–H and O–H groups in total. The van der Waals surface area contributed by atoms with Crippen molar-refractivity contribution in [2.24, 2.45) is 0 Å². The summed E-state index contributed by atoms with van der Waals surface area (Å²) < 4.78 is 11.0. The van der Waals surface area contributed by atoms with Gasteiger partial charge in [-0.25, -0.2) is 0 Å². The van der Waals surface area contributed by atoms with Crippen LogP contribution in [-0.2, 0) is 6.42 Å². The number of rotatable bonds is 8. The molecule has 0 fully saturated rings. The van der Waals surface area contributed by atoms with E-state index in [1.807, 2.05) is 36.4 Å². The van der Waals surface area contributed by atoms with Crippen LogP contribution in [0.4, 0.5) is 0 Å². The molecule has 0 amide bonds. The van der Waals surface area contributed by atoms with Crippen LogP contribution in [-0.4, -0.2) is 13.7 Å². The highest BCUT2D eigenvalue weighted by molar-refractivity contribution is 5.33. The third-order valence-corrected chi connectivity index (χ3v) is 3.89. The summed E-state index contributed by atoms with van der Waals surface area (Å²) in [4.78, 5) is 0. The lowest BCUT2D eigenvalue weighted by Crippen LogP contribution is -2.02. The predicted octanol–water partition coefficient (Wildman–Crippen LogP) is 4.72. The van der Waals surface area contributed by atoms with E-state index >= 15 is 0 Å². The van der Waals surface area contributed by atoms with Crippen molar-refractivity contribution in [3.05, 3.63) is 59.7 Å². The molecule has 0 aliphatic rings. The second-order valence-electron chi connectivity index (χ2n) is 5.45. The van der Waals surface area contributed by atoms with Gasteiger partial charge >= 0.3 is 0 Å². The second-order valence-corrected chi connectivity index (χ2v) is 5.45. The third kappa shape index (κ3) is 5.03. The smallest absolute Gasteiger partial charge is 0.119 e. The van der Waals surface area contributed by atoms with Crippen molar-refractivity contribution >= 4 is 0 Å². The highest BCUT2D eigenvalue weighted by atomic mass is 16.5. The maximum Gasteiger partial charge on any atom is 0.119 e. The van der Waals surface area contributed by atoms with Gasteiger partial charge in [-0.15, -0.1) is 0 Å². The van der Waals surface area contributed by atoms with Crippen molar-refractivity contribution in [1.82, 2.24) is 0 Å². The van der Waals surface area contributed by atoms with E-state index in [9.17, 15) is 5.26 Å². The summed E-state index contributed by atoms with van der Waals surface area (Å²) in [6.07, 6.45) is 2.65. The molecule has 0 radical (unpaired) electrons. The van der Waals surface area contributed by atoms with E-state index in [1.54, 1.807) is 7.11 Å². The van der Waals surface area contributed by atoms with Crippen LogP contribution in [0, 0.1) is 11.3 Å². The molecule has 2 aromatic rings. The maximum absolute atomic E-state index is 9.39.